The summed E-state index contributed by atoms with van der Waals surface area (Å²) in [6, 6.07) is 19.9. The molecule has 3 heterocycles. The second-order valence-electron chi connectivity index (χ2n) is 12.3. The van der Waals surface area contributed by atoms with E-state index in [0.29, 0.717) is 23.0 Å². The first-order valence-corrected chi connectivity index (χ1v) is 13.2. The van der Waals surface area contributed by atoms with Gasteiger partial charge in [0.15, 0.2) is 23.0 Å². The van der Waals surface area contributed by atoms with Crippen molar-refractivity contribution in [1.82, 2.24) is 0 Å². The molecule has 3 aliphatic rings. The Bertz CT molecular complexity index is 1380. The van der Waals surface area contributed by atoms with E-state index >= 15 is 0 Å². The summed E-state index contributed by atoms with van der Waals surface area (Å²) >= 11 is 0. The summed E-state index contributed by atoms with van der Waals surface area (Å²) in [5, 5.41) is 0. The SMILES string of the molecule is CC1(C)OB(c2ccc(-c3ccc4c(c3)Oc3ccccc3O4)c(B3OC(C)(C)C(C)(C)O3)c2)OC1(C)C. The fourth-order valence-electron chi connectivity index (χ4n) is 4.83. The number of hydrogen-bond donors (Lipinski definition) is 0. The van der Waals surface area contributed by atoms with Gasteiger partial charge in [-0.05, 0) is 102 Å². The molecule has 3 aliphatic heterocycles. The van der Waals surface area contributed by atoms with E-state index in [9.17, 15) is 0 Å². The largest absolute Gasteiger partial charge is 0.495 e. The van der Waals surface area contributed by atoms with Gasteiger partial charge in [0.05, 0.1) is 22.4 Å². The van der Waals surface area contributed by atoms with E-state index in [1.54, 1.807) is 0 Å². The molecular weight excluding hydrogens is 478 g/mol. The van der Waals surface area contributed by atoms with E-state index in [2.05, 4.69) is 73.6 Å². The first kappa shape index (κ1) is 25.5. The highest BCUT2D eigenvalue weighted by Crippen LogP contribution is 2.46. The Morgan fingerprint density at radius 3 is 1.58 bits per heavy atom. The zero-order valence-electron chi connectivity index (χ0n) is 23.4. The van der Waals surface area contributed by atoms with Crippen molar-refractivity contribution in [2.24, 2.45) is 0 Å². The molecule has 3 aromatic rings. The maximum atomic E-state index is 6.51. The summed E-state index contributed by atoms with van der Waals surface area (Å²) in [5.74, 6) is 2.74. The predicted molar refractivity (Wildman–Crippen MR) is 150 cm³/mol. The monoisotopic (exact) mass is 512 g/mol. The van der Waals surface area contributed by atoms with Gasteiger partial charge < -0.3 is 28.1 Å². The third kappa shape index (κ3) is 4.06. The lowest BCUT2D eigenvalue weighted by atomic mass is 9.69. The van der Waals surface area contributed by atoms with Gasteiger partial charge in [0.1, 0.15) is 0 Å². The number of ether oxygens (including phenoxy) is 2. The first-order chi connectivity index (χ1) is 17.8. The second-order valence-corrected chi connectivity index (χ2v) is 12.3. The Morgan fingerprint density at radius 2 is 1.00 bits per heavy atom. The molecule has 38 heavy (non-hydrogen) atoms. The van der Waals surface area contributed by atoms with Crippen LogP contribution in [0.5, 0.6) is 23.0 Å². The van der Waals surface area contributed by atoms with Gasteiger partial charge in [0.2, 0.25) is 0 Å². The predicted octanol–water partition coefficient (Wildman–Crippen LogP) is 5.85. The fourth-order valence-corrected chi connectivity index (χ4v) is 4.83. The standard InChI is InChI=1S/C30H34B2O6/c1-27(2)28(3,4)36-31(35-27)20-14-15-21(22(18-20)32-37-29(5,6)30(7,8)38-32)19-13-16-25-26(17-19)34-24-12-10-9-11-23(24)33-25/h9-18H,1-8H3. The molecule has 8 heteroatoms. The number of para-hydroxylation sites is 2. The molecular formula is C30H34B2O6. The van der Waals surface area contributed by atoms with Crippen molar-refractivity contribution in [2.45, 2.75) is 77.8 Å². The van der Waals surface area contributed by atoms with Gasteiger partial charge in [-0.2, -0.15) is 0 Å². The van der Waals surface area contributed by atoms with Crippen LogP contribution in [-0.2, 0) is 18.6 Å². The quantitative estimate of drug-likeness (QED) is 0.321. The lowest BCUT2D eigenvalue weighted by Gasteiger charge is -2.32. The summed E-state index contributed by atoms with van der Waals surface area (Å²) in [4.78, 5) is 0. The van der Waals surface area contributed by atoms with Crippen molar-refractivity contribution in [3.8, 4) is 34.1 Å². The summed E-state index contributed by atoms with van der Waals surface area (Å²) in [7, 11) is -1.06. The minimum Gasteiger partial charge on any atom is -0.450 e. The molecule has 6 nitrogen and oxygen atoms in total. The lowest BCUT2D eigenvalue weighted by molar-refractivity contribution is 0.00578. The number of benzene rings is 3. The maximum Gasteiger partial charge on any atom is 0.495 e. The van der Waals surface area contributed by atoms with Gasteiger partial charge in [0.25, 0.3) is 0 Å². The summed E-state index contributed by atoms with van der Waals surface area (Å²) in [6.45, 7) is 16.5. The molecule has 196 valence electrons. The molecule has 6 rings (SSSR count). The van der Waals surface area contributed by atoms with E-state index in [-0.39, 0.29) is 0 Å². The van der Waals surface area contributed by atoms with Crippen LogP contribution in [0.15, 0.2) is 60.7 Å². The van der Waals surface area contributed by atoms with E-state index in [1.165, 1.54) is 0 Å². The minimum atomic E-state index is -0.564. The Balaban J connectivity index is 1.42. The number of rotatable bonds is 3. The lowest BCUT2D eigenvalue weighted by Crippen LogP contribution is -2.42. The van der Waals surface area contributed by atoms with E-state index in [1.807, 2.05) is 42.5 Å². The van der Waals surface area contributed by atoms with Crippen LogP contribution < -0.4 is 20.4 Å². The molecule has 2 saturated heterocycles. The van der Waals surface area contributed by atoms with Crippen LogP contribution in [0.1, 0.15) is 55.4 Å². The van der Waals surface area contributed by atoms with Gasteiger partial charge in [-0.25, -0.2) is 0 Å². The molecule has 0 radical (unpaired) electrons. The molecule has 3 aromatic carbocycles. The third-order valence-corrected chi connectivity index (χ3v) is 8.65. The minimum absolute atomic E-state index is 0.438. The number of fused-ring (bicyclic) bond motifs is 2. The van der Waals surface area contributed by atoms with Crippen LogP contribution in [0.4, 0.5) is 0 Å². The average Bonchev–Trinajstić information content (AvgIpc) is 3.21. The highest BCUT2D eigenvalue weighted by Gasteiger charge is 2.54. The molecule has 0 N–H and O–H groups in total. The van der Waals surface area contributed by atoms with Gasteiger partial charge in [-0.1, -0.05) is 36.4 Å². The zero-order chi connectivity index (χ0) is 27.1. The highest BCUT2D eigenvalue weighted by atomic mass is 16.7. The molecule has 0 aliphatic carbocycles. The molecule has 0 saturated carbocycles. The third-order valence-electron chi connectivity index (χ3n) is 8.65. The normalized spacial score (nSPS) is 21.9. The van der Waals surface area contributed by atoms with Gasteiger partial charge in [0, 0.05) is 0 Å². The van der Waals surface area contributed by atoms with Crippen molar-refractivity contribution < 1.29 is 28.1 Å². The summed E-state index contributed by atoms with van der Waals surface area (Å²) in [6.07, 6.45) is 0. The molecule has 0 atom stereocenters. The van der Waals surface area contributed by atoms with Crippen LogP contribution in [0, 0.1) is 0 Å². The Hall–Kier alpha value is -2.77. The van der Waals surface area contributed by atoms with Crippen molar-refractivity contribution in [2.75, 3.05) is 0 Å². The molecule has 2 fully saturated rings. The van der Waals surface area contributed by atoms with Crippen LogP contribution in [0.3, 0.4) is 0 Å². The fraction of sp³-hybridized carbons (Fsp3) is 0.400. The Kier molecular flexibility index (Phi) is 5.61. The highest BCUT2D eigenvalue weighted by molar-refractivity contribution is 6.67. The smallest absolute Gasteiger partial charge is 0.450 e. The second kappa shape index (κ2) is 8.36. The van der Waals surface area contributed by atoms with Crippen molar-refractivity contribution in [1.29, 1.82) is 0 Å². The number of hydrogen-bond acceptors (Lipinski definition) is 6. The van der Waals surface area contributed by atoms with Gasteiger partial charge in [-0.3, -0.25) is 0 Å². The van der Waals surface area contributed by atoms with E-state index in [4.69, 9.17) is 28.1 Å². The average molecular weight is 512 g/mol. The van der Waals surface area contributed by atoms with Gasteiger partial charge in [-0.15, -0.1) is 0 Å². The van der Waals surface area contributed by atoms with Crippen molar-refractivity contribution in [3.63, 3.8) is 0 Å². The van der Waals surface area contributed by atoms with Gasteiger partial charge >= 0.3 is 14.2 Å². The summed E-state index contributed by atoms with van der Waals surface area (Å²) < 4.78 is 38.0. The molecule has 0 aromatic heterocycles. The van der Waals surface area contributed by atoms with E-state index in [0.717, 1.165) is 22.1 Å². The van der Waals surface area contributed by atoms with Crippen LogP contribution in [0.2, 0.25) is 0 Å². The molecule has 0 unspecified atom stereocenters. The Morgan fingerprint density at radius 1 is 0.500 bits per heavy atom. The Labute approximate surface area is 225 Å². The molecule has 0 amide bonds. The van der Waals surface area contributed by atoms with Crippen molar-refractivity contribution in [3.05, 3.63) is 60.7 Å². The van der Waals surface area contributed by atoms with Crippen LogP contribution in [0.25, 0.3) is 11.1 Å². The summed E-state index contributed by atoms with van der Waals surface area (Å²) in [5.41, 5.74) is 1.94. The van der Waals surface area contributed by atoms with Crippen LogP contribution >= 0.6 is 0 Å². The topological polar surface area (TPSA) is 55.4 Å². The zero-order valence-corrected chi connectivity index (χ0v) is 23.4. The maximum absolute atomic E-state index is 6.51. The van der Waals surface area contributed by atoms with E-state index < -0.39 is 36.6 Å². The van der Waals surface area contributed by atoms with Crippen LogP contribution in [-0.4, -0.2) is 36.6 Å². The molecule has 0 bridgehead atoms. The molecule has 0 spiro atoms. The van der Waals surface area contributed by atoms with Crippen molar-refractivity contribution >= 4 is 25.2 Å². The first-order valence-electron chi connectivity index (χ1n) is 13.2.